The van der Waals surface area contributed by atoms with Gasteiger partial charge in [-0.15, -0.1) is 0 Å². The van der Waals surface area contributed by atoms with E-state index in [1.165, 1.54) is 0 Å². The van der Waals surface area contributed by atoms with Crippen molar-refractivity contribution in [1.82, 2.24) is 9.80 Å². The average Bonchev–Trinajstić information content (AvgIpc) is 2.60. The number of hydrogen-bond acceptors (Lipinski definition) is 5. The van der Waals surface area contributed by atoms with Gasteiger partial charge in [0.1, 0.15) is 6.10 Å². The Morgan fingerprint density at radius 1 is 1.44 bits per heavy atom. The van der Waals surface area contributed by atoms with Crippen LogP contribution in [0.3, 0.4) is 0 Å². The number of nitrogens with two attached hydrogens (primary N) is 1. The van der Waals surface area contributed by atoms with Gasteiger partial charge in [-0.1, -0.05) is 0 Å². The summed E-state index contributed by atoms with van der Waals surface area (Å²) in [6.07, 6.45) is -0.344. The summed E-state index contributed by atoms with van der Waals surface area (Å²) in [5.74, 6) is 0. The van der Waals surface area contributed by atoms with Crippen molar-refractivity contribution in [2.45, 2.75) is 12.2 Å². The molecule has 0 spiro atoms. The van der Waals surface area contributed by atoms with Gasteiger partial charge in [0.25, 0.3) is 0 Å². The van der Waals surface area contributed by atoms with Crippen LogP contribution in [0.1, 0.15) is 0 Å². The third-order valence-corrected chi connectivity index (χ3v) is 2.98. The van der Waals surface area contributed by atoms with Crippen LogP contribution in [0.5, 0.6) is 0 Å². The van der Waals surface area contributed by atoms with E-state index in [9.17, 15) is 4.79 Å². The Labute approximate surface area is 95.3 Å². The number of hydrogen-bond donors (Lipinski definition) is 1. The predicted octanol–water partition coefficient (Wildman–Crippen LogP) is -0.903. The van der Waals surface area contributed by atoms with Gasteiger partial charge < -0.3 is 25.0 Å². The van der Waals surface area contributed by atoms with Gasteiger partial charge in [0.15, 0.2) is 0 Å². The van der Waals surface area contributed by atoms with E-state index in [4.69, 9.17) is 15.2 Å². The molecule has 1 amide bonds. The number of morpholine rings is 1. The van der Waals surface area contributed by atoms with Crippen molar-refractivity contribution in [2.24, 2.45) is 5.73 Å². The first kappa shape index (κ1) is 11.6. The second kappa shape index (κ2) is 4.99. The molecule has 2 aliphatic heterocycles. The second-order valence-electron chi connectivity index (χ2n) is 4.40. The number of nitrogens with zero attached hydrogens (tertiary/aromatic N) is 2. The summed E-state index contributed by atoms with van der Waals surface area (Å²) in [5.41, 5.74) is 5.47. The summed E-state index contributed by atoms with van der Waals surface area (Å²) in [6, 6.07) is 0. The molecule has 16 heavy (non-hydrogen) atoms. The molecule has 0 aromatic heterocycles. The zero-order chi connectivity index (χ0) is 11.5. The number of likely N-dealkylation sites (N-methyl/N-ethyl adjacent to an activating group) is 1. The van der Waals surface area contributed by atoms with Crippen molar-refractivity contribution in [3.63, 3.8) is 0 Å². The maximum Gasteiger partial charge on any atom is 0.410 e. The van der Waals surface area contributed by atoms with Gasteiger partial charge in [0, 0.05) is 19.6 Å². The first-order valence-electron chi connectivity index (χ1n) is 5.65. The fourth-order valence-corrected chi connectivity index (χ4v) is 2.07. The van der Waals surface area contributed by atoms with E-state index < -0.39 is 0 Å². The molecule has 92 valence electrons. The van der Waals surface area contributed by atoms with Crippen LogP contribution in [-0.2, 0) is 9.47 Å². The zero-order valence-corrected chi connectivity index (χ0v) is 9.59. The largest absolute Gasteiger partial charge is 0.443 e. The van der Waals surface area contributed by atoms with Crippen LogP contribution >= 0.6 is 0 Å². The SMILES string of the molecule is CN1CCOC(CN2CC(CN)OC2=O)C1. The van der Waals surface area contributed by atoms with Crippen LogP contribution in [-0.4, -0.2) is 74.5 Å². The number of carbonyl (C=O) groups is 1. The minimum absolute atomic E-state index is 0.0859. The van der Waals surface area contributed by atoms with Gasteiger partial charge in [-0.2, -0.15) is 0 Å². The molecule has 2 rings (SSSR count). The van der Waals surface area contributed by atoms with Gasteiger partial charge in [0.2, 0.25) is 0 Å². The lowest BCUT2D eigenvalue weighted by atomic mass is 10.2. The Balaban J connectivity index is 1.82. The summed E-state index contributed by atoms with van der Waals surface area (Å²) >= 11 is 0. The molecular formula is C10H19N3O3. The maximum absolute atomic E-state index is 11.5. The monoisotopic (exact) mass is 229 g/mol. The van der Waals surface area contributed by atoms with Gasteiger partial charge in [-0.25, -0.2) is 4.79 Å². The summed E-state index contributed by atoms with van der Waals surface area (Å²) < 4.78 is 10.7. The smallest absolute Gasteiger partial charge is 0.410 e. The summed E-state index contributed by atoms with van der Waals surface area (Å²) in [6.45, 7) is 4.10. The Morgan fingerprint density at radius 2 is 2.25 bits per heavy atom. The van der Waals surface area contributed by atoms with E-state index in [0.717, 1.165) is 19.7 Å². The minimum Gasteiger partial charge on any atom is -0.443 e. The number of carbonyl (C=O) groups excluding carboxylic acids is 1. The third kappa shape index (κ3) is 2.63. The van der Waals surface area contributed by atoms with Gasteiger partial charge >= 0.3 is 6.09 Å². The van der Waals surface area contributed by atoms with Crippen LogP contribution in [0.4, 0.5) is 4.79 Å². The van der Waals surface area contributed by atoms with Crippen molar-refractivity contribution in [3.05, 3.63) is 0 Å². The lowest BCUT2D eigenvalue weighted by Crippen LogP contribution is -2.46. The fourth-order valence-electron chi connectivity index (χ4n) is 2.07. The molecule has 0 aromatic rings. The molecule has 0 bridgehead atoms. The van der Waals surface area contributed by atoms with Crippen LogP contribution in [0.15, 0.2) is 0 Å². The van der Waals surface area contributed by atoms with Crippen molar-refractivity contribution in [3.8, 4) is 0 Å². The lowest BCUT2D eigenvalue weighted by Gasteiger charge is -2.31. The highest BCUT2D eigenvalue weighted by Crippen LogP contribution is 2.13. The van der Waals surface area contributed by atoms with Gasteiger partial charge in [-0.3, -0.25) is 0 Å². The number of ether oxygens (including phenoxy) is 2. The van der Waals surface area contributed by atoms with Crippen LogP contribution < -0.4 is 5.73 Å². The quantitative estimate of drug-likeness (QED) is 0.679. The van der Waals surface area contributed by atoms with Crippen molar-refractivity contribution < 1.29 is 14.3 Å². The maximum atomic E-state index is 11.5. The molecule has 2 N–H and O–H groups in total. The van der Waals surface area contributed by atoms with E-state index in [1.807, 2.05) is 0 Å². The van der Waals surface area contributed by atoms with Gasteiger partial charge in [0.05, 0.1) is 25.8 Å². The van der Waals surface area contributed by atoms with E-state index in [0.29, 0.717) is 19.6 Å². The third-order valence-electron chi connectivity index (χ3n) is 2.98. The highest BCUT2D eigenvalue weighted by atomic mass is 16.6. The molecule has 2 unspecified atom stereocenters. The van der Waals surface area contributed by atoms with Crippen LogP contribution in [0, 0.1) is 0 Å². The highest BCUT2D eigenvalue weighted by molar-refractivity contribution is 5.69. The minimum atomic E-state index is -0.271. The lowest BCUT2D eigenvalue weighted by molar-refractivity contribution is -0.0293. The predicted molar refractivity (Wildman–Crippen MR) is 58.1 cm³/mol. The Bertz CT molecular complexity index is 262. The zero-order valence-electron chi connectivity index (χ0n) is 9.59. The first-order chi connectivity index (χ1) is 7.69. The topological polar surface area (TPSA) is 68.0 Å². The van der Waals surface area contributed by atoms with Crippen LogP contribution in [0.25, 0.3) is 0 Å². The molecule has 0 aliphatic carbocycles. The number of rotatable bonds is 3. The highest BCUT2D eigenvalue weighted by Gasteiger charge is 2.32. The van der Waals surface area contributed by atoms with E-state index >= 15 is 0 Å². The molecule has 2 saturated heterocycles. The van der Waals surface area contributed by atoms with E-state index in [2.05, 4.69) is 11.9 Å². The molecule has 2 fully saturated rings. The molecule has 6 heteroatoms. The average molecular weight is 229 g/mol. The fraction of sp³-hybridized carbons (Fsp3) is 0.900. The molecule has 2 heterocycles. The molecule has 2 atom stereocenters. The molecule has 6 nitrogen and oxygen atoms in total. The van der Waals surface area contributed by atoms with Crippen LogP contribution in [0.2, 0.25) is 0 Å². The molecule has 0 saturated carbocycles. The molecular weight excluding hydrogens is 210 g/mol. The normalized spacial score (nSPS) is 31.9. The second-order valence-corrected chi connectivity index (χ2v) is 4.40. The van der Waals surface area contributed by atoms with E-state index in [1.54, 1.807) is 4.90 Å². The van der Waals surface area contributed by atoms with E-state index in [-0.39, 0.29) is 18.3 Å². The summed E-state index contributed by atoms with van der Waals surface area (Å²) in [5, 5.41) is 0. The van der Waals surface area contributed by atoms with Crippen molar-refractivity contribution in [1.29, 1.82) is 0 Å². The molecule has 0 aromatic carbocycles. The first-order valence-corrected chi connectivity index (χ1v) is 5.65. The van der Waals surface area contributed by atoms with Gasteiger partial charge in [-0.05, 0) is 7.05 Å². The molecule has 0 radical (unpaired) electrons. The number of amides is 1. The number of cyclic esters (lactones) is 1. The Morgan fingerprint density at radius 3 is 2.88 bits per heavy atom. The summed E-state index contributed by atoms with van der Waals surface area (Å²) in [7, 11) is 2.06. The van der Waals surface area contributed by atoms with Crippen molar-refractivity contribution in [2.75, 3.05) is 46.4 Å². The standard InChI is InChI=1S/C10H19N3O3/c1-12-2-3-15-9(5-12)7-13-6-8(4-11)16-10(13)14/h8-9H,2-7,11H2,1H3. The summed E-state index contributed by atoms with van der Waals surface area (Å²) in [4.78, 5) is 15.4. The molecule has 2 aliphatic rings. The Kier molecular flexibility index (Phi) is 3.63. The Hall–Kier alpha value is -0.850. The van der Waals surface area contributed by atoms with Crippen molar-refractivity contribution >= 4 is 6.09 Å².